The van der Waals surface area contributed by atoms with Crippen molar-refractivity contribution in [3.8, 4) is 0 Å². The van der Waals surface area contributed by atoms with Crippen molar-refractivity contribution in [3.63, 3.8) is 0 Å². The van der Waals surface area contributed by atoms with Crippen molar-refractivity contribution in [2.75, 3.05) is 13.5 Å². The Bertz CT molecular complexity index is 51.4. The Kier molecular flexibility index (Phi) is 2.15. The van der Waals surface area contributed by atoms with Gasteiger partial charge in [0.2, 0.25) is 0 Å². The lowest BCUT2D eigenvalue weighted by atomic mass is 9.93. The maximum Gasteiger partial charge on any atom is 0.491 e. The van der Waals surface area contributed by atoms with Gasteiger partial charge in [-0.15, -0.1) is 0 Å². The fourth-order valence-corrected chi connectivity index (χ4v) is 0.231. The van der Waals surface area contributed by atoms with Gasteiger partial charge in [-0.05, 0) is 13.5 Å². The van der Waals surface area contributed by atoms with Crippen molar-refractivity contribution in [1.29, 1.82) is 0 Å². The number of hydrogen-bond acceptors (Lipinski definition) is 1. The monoisotopic (exact) mass is 112 g/mol. The predicted molar refractivity (Wildman–Crippen MR) is 23.0 cm³/mol. The number of halogens is 3. The minimum atomic E-state index is -4.60. The van der Waals surface area contributed by atoms with Crippen molar-refractivity contribution >= 4 is 6.98 Å². The topological polar surface area (TPSA) is 12.0 Å². The highest BCUT2D eigenvalue weighted by Gasteiger charge is 2.20. The van der Waals surface area contributed by atoms with Gasteiger partial charge in [0.15, 0.2) is 0 Å². The van der Waals surface area contributed by atoms with Crippen LogP contribution >= 0.6 is 0 Å². The summed E-state index contributed by atoms with van der Waals surface area (Å²) < 4.78 is 33.2. The molecule has 5 heteroatoms. The molecule has 0 atom stereocenters. The third-order valence-electron chi connectivity index (χ3n) is 0.436. The summed E-state index contributed by atoms with van der Waals surface area (Å²) in [4.78, 5) is 0. The van der Waals surface area contributed by atoms with Crippen LogP contribution in [0.5, 0.6) is 0 Å². The molecule has 0 spiro atoms. The van der Waals surface area contributed by atoms with Crippen LogP contribution in [0.3, 0.4) is 0 Å². The minimum absolute atomic E-state index is 0.847. The molecule has 0 aromatic carbocycles. The number of nitrogens with one attached hydrogen (secondary N) is 1. The summed E-state index contributed by atoms with van der Waals surface area (Å²) in [6.45, 7) is -4.60. The van der Waals surface area contributed by atoms with Gasteiger partial charge in [0, 0.05) is 0 Å². The molecule has 1 N–H and O–H groups in total. The largest absolute Gasteiger partial charge is 0.491 e. The summed E-state index contributed by atoms with van der Waals surface area (Å²) in [6, 6.07) is 0. The fourth-order valence-electron chi connectivity index (χ4n) is 0.231. The van der Waals surface area contributed by atoms with Gasteiger partial charge in [-0.1, -0.05) is 0 Å². The van der Waals surface area contributed by atoms with E-state index in [0.717, 1.165) is 0 Å². The Balaban J connectivity index is 3.15. The quantitative estimate of drug-likeness (QED) is 0.515. The molecular weight excluding hydrogens is 106 g/mol. The van der Waals surface area contributed by atoms with Crippen LogP contribution in [0.4, 0.5) is 12.9 Å². The average molecular weight is 112 g/mol. The average Bonchev–Trinajstić information content (AvgIpc) is 1.30. The van der Waals surface area contributed by atoms with Crippen molar-refractivity contribution in [2.45, 2.75) is 0 Å². The van der Waals surface area contributed by atoms with Crippen LogP contribution in [-0.4, -0.2) is 20.5 Å². The second kappa shape index (κ2) is 2.21. The molecule has 0 fully saturated rings. The van der Waals surface area contributed by atoms with Crippen LogP contribution in [0.2, 0.25) is 0 Å². The van der Waals surface area contributed by atoms with E-state index in [0.29, 0.717) is 0 Å². The molecule has 0 aliphatic rings. The summed E-state index contributed by atoms with van der Waals surface area (Å²) in [7, 11) is 1.27. The van der Waals surface area contributed by atoms with Gasteiger partial charge < -0.3 is 18.3 Å². The SMILES string of the molecule is CNC[B-](F)(F)F. The molecule has 0 heterocycles. The zero-order chi connectivity index (χ0) is 5.91. The molecule has 0 aliphatic heterocycles. The van der Waals surface area contributed by atoms with Gasteiger partial charge in [-0.25, -0.2) is 0 Å². The molecule has 0 radical (unpaired) electrons. The van der Waals surface area contributed by atoms with Gasteiger partial charge in [-0.2, -0.15) is 0 Å². The highest BCUT2D eigenvalue weighted by Crippen LogP contribution is 2.04. The highest BCUT2D eigenvalue weighted by molar-refractivity contribution is 6.58. The van der Waals surface area contributed by atoms with E-state index in [1.165, 1.54) is 7.05 Å². The first-order valence-electron chi connectivity index (χ1n) is 1.92. The Morgan fingerprint density at radius 1 is 1.43 bits per heavy atom. The van der Waals surface area contributed by atoms with E-state index in [1.807, 2.05) is 5.32 Å². The molecule has 0 rings (SSSR count). The van der Waals surface area contributed by atoms with Crippen molar-refractivity contribution < 1.29 is 12.9 Å². The molecule has 0 amide bonds. The van der Waals surface area contributed by atoms with Crippen LogP contribution in [0.1, 0.15) is 0 Å². The zero-order valence-electron chi connectivity index (χ0n) is 3.92. The fraction of sp³-hybridized carbons (Fsp3) is 1.00. The standard InChI is InChI=1S/C2H6BF3N/c1-7-2-3(4,5)6/h7H,2H2,1H3/q-1. The minimum Gasteiger partial charge on any atom is -0.448 e. The summed E-state index contributed by atoms with van der Waals surface area (Å²) in [5, 5.41) is 2.01. The molecule has 44 valence electrons. The molecule has 0 saturated carbocycles. The van der Waals surface area contributed by atoms with E-state index in [9.17, 15) is 12.9 Å². The first kappa shape index (κ1) is 6.81. The van der Waals surface area contributed by atoms with Gasteiger partial charge in [0.05, 0.1) is 0 Å². The molecule has 1 nitrogen and oxygen atoms in total. The van der Waals surface area contributed by atoms with Gasteiger partial charge in [0.25, 0.3) is 0 Å². The number of hydrogen-bond donors (Lipinski definition) is 1. The summed E-state index contributed by atoms with van der Waals surface area (Å²) in [5.41, 5.74) is 0. The first-order valence-corrected chi connectivity index (χ1v) is 1.92. The molecule has 0 aromatic rings. The molecule has 0 bridgehead atoms. The van der Waals surface area contributed by atoms with E-state index < -0.39 is 13.4 Å². The first-order chi connectivity index (χ1) is 3.06. The Morgan fingerprint density at radius 3 is 1.86 bits per heavy atom. The zero-order valence-corrected chi connectivity index (χ0v) is 3.92. The van der Waals surface area contributed by atoms with Crippen molar-refractivity contribution in [3.05, 3.63) is 0 Å². The Labute approximate surface area is 40.0 Å². The molecule has 0 aromatic heterocycles. The lowest BCUT2D eigenvalue weighted by Crippen LogP contribution is -2.31. The molecule has 7 heavy (non-hydrogen) atoms. The summed E-state index contributed by atoms with van der Waals surface area (Å²) >= 11 is 0. The van der Waals surface area contributed by atoms with E-state index >= 15 is 0 Å². The second-order valence-electron chi connectivity index (χ2n) is 1.27. The summed E-state index contributed by atoms with van der Waals surface area (Å²) in [6.07, 6.45) is -0.847. The maximum absolute atomic E-state index is 11.1. The normalized spacial score (nSPS) is 12.0. The van der Waals surface area contributed by atoms with E-state index in [4.69, 9.17) is 0 Å². The van der Waals surface area contributed by atoms with E-state index in [2.05, 4.69) is 0 Å². The van der Waals surface area contributed by atoms with Crippen molar-refractivity contribution in [2.24, 2.45) is 0 Å². The lowest BCUT2D eigenvalue weighted by Gasteiger charge is -2.10. The van der Waals surface area contributed by atoms with Crippen LogP contribution in [-0.2, 0) is 0 Å². The van der Waals surface area contributed by atoms with Crippen LogP contribution in [0.15, 0.2) is 0 Å². The lowest BCUT2D eigenvalue weighted by molar-refractivity contribution is 0.462. The second-order valence-corrected chi connectivity index (χ2v) is 1.27. The Hall–Kier alpha value is -0.185. The van der Waals surface area contributed by atoms with Crippen molar-refractivity contribution in [1.82, 2.24) is 5.32 Å². The van der Waals surface area contributed by atoms with E-state index in [1.54, 1.807) is 0 Å². The van der Waals surface area contributed by atoms with Gasteiger partial charge >= 0.3 is 6.98 Å². The predicted octanol–water partition coefficient (Wildman–Crippen LogP) is 0.592. The Morgan fingerprint density at radius 2 is 1.86 bits per heavy atom. The summed E-state index contributed by atoms with van der Waals surface area (Å²) in [5.74, 6) is 0. The third-order valence-corrected chi connectivity index (χ3v) is 0.436. The van der Waals surface area contributed by atoms with E-state index in [-0.39, 0.29) is 0 Å². The van der Waals surface area contributed by atoms with Gasteiger partial charge in [-0.3, -0.25) is 0 Å². The maximum atomic E-state index is 11.1. The molecule has 0 aliphatic carbocycles. The van der Waals surface area contributed by atoms with Crippen LogP contribution < -0.4 is 5.32 Å². The molecule has 0 saturated heterocycles. The smallest absolute Gasteiger partial charge is 0.448 e. The highest BCUT2D eigenvalue weighted by atomic mass is 19.4. The molecular formula is C2H6BF3N-. The van der Waals surface area contributed by atoms with Crippen LogP contribution in [0.25, 0.3) is 0 Å². The van der Waals surface area contributed by atoms with Crippen LogP contribution in [0, 0.1) is 0 Å². The molecule has 0 unspecified atom stereocenters. The third kappa shape index (κ3) is 5.81. The number of rotatable bonds is 2. The van der Waals surface area contributed by atoms with Gasteiger partial charge in [0.1, 0.15) is 0 Å².